The van der Waals surface area contributed by atoms with Crippen LogP contribution >= 0.6 is 0 Å². The van der Waals surface area contributed by atoms with Crippen molar-refractivity contribution in [3.05, 3.63) is 59.4 Å². The molecule has 1 N–H and O–H groups in total. The number of urea groups is 1. The Morgan fingerprint density at radius 1 is 1.00 bits per heavy atom. The first-order valence-corrected chi connectivity index (χ1v) is 9.29. The molecule has 6 nitrogen and oxygen atoms in total. The average Bonchev–Trinajstić information content (AvgIpc) is 2.73. The minimum absolute atomic E-state index is 0.0639. The fourth-order valence-corrected chi connectivity index (χ4v) is 3.21. The number of amides is 2. The van der Waals surface area contributed by atoms with Gasteiger partial charge in [0.1, 0.15) is 5.75 Å². The first-order chi connectivity index (χ1) is 13.6. The maximum absolute atomic E-state index is 13.8. The summed E-state index contributed by atoms with van der Waals surface area (Å²) in [5.74, 6) is 0.696. The SMILES string of the molecule is COc1ccc(CNC(=O)N2CCN(Cc3ccc(OC)c(F)c3)CC2)cc1. The lowest BCUT2D eigenvalue weighted by Gasteiger charge is -2.34. The molecule has 1 saturated heterocycles. The number of benzene rings is 2. The molecule has 0 spiro atoms. The van der Waals surface area contributed by atoms with Crippen molar-refractivity contribution in [1.82, 2.24) is 15.1 Å². The highest BCUT2D eigenvalue weighted by Gasteiger charge is 2.21. The number of hydrogen-bond acceptors (Lipinski definition) is 4. The van der Waals surface area contributed by atoms with E-state index in [0.717, 1.165) is 30.0 Å². The molecule has 0 radical (unpaired) electrons. The normalized spacial score (nSPS) is 14.6. The minimum Gasteiger partial charge on any atom is -0.497 e. The summed E-state index contributed by atoms with van der Waals surface area (Å²) in [6.45, 7) is 3.93. The average molecular weight is 387 g/mol. The molecule has 150 valence electrons. The van der Waals surface area contributed by atoms with E-state index in [9.17, 15) is 9.18 Å². The molecule has 2 aromatic rings. The molecule has 0 bridgehead atoms. The third-order valence-electron chi connectivity index (χ3n) is 4.88. The van der Waals surface area contributed by atoms with Gasteiger partial charge in [-0.3, -0.25) is 4.90 Å². The highest BCUT2D eigenvalue weighted by molar-refractivity contribution is 5.74. The van der Waals surface area contributed by atoms with Crippen molar-refractivity contribution in [1.29, 1.82) is 0 Å². The Bertz CT molecular complexity index is 790. The number of methoxy groups -OCH3 is 2. The summed E-state index contributed by atoms with van der Waals surface area (Å²) in [7, 11) is 3.08. The fourth-order valence-electron chi connectivity index (χ4n) is 3.21. The topological polar surface area (TPSA) is 54.0 Å². The number of nitrogens with one attached hydrogen (secondary N) is 1. The maximum Gasteiger partial charge on any atom is 0.317 e. The van der Waals surface area contributed by atoms with E-state index in [0.29, 0.717) is 26.2 Å². The third-order valence-corrected chi connectivity index (χ3v) is 4.88. The summed E-state index contributed by atoms with van der Waals surface area (Å²) in [6, 6.07) is 12.6. The van der Waals surface area contributed by atoms with Crippen LogP contribution in [0.2, 0.25) is 0 Å². The second-order valence-electron chi connectivity index (χ2n) is 6.74. The van der Waals surface area contributed by atoms with E-state index in [1.165, 1.54) is 13.2 Å². The molecule has 0 saturated carbocycles. The molecular formula is C21H26FN3O3. The molecule has 0 aliphatic carbocycles. The number of halogens is 1. The molecule has 1 heterocycles. The third kappa shape index (κ3) is 5.13. The Hall–Kier alpha value is -2.80. The van der Waals surface area contributed by atoms with Crippen LogP contribution in [0.4, 0.5) is 9.18 Å². The molecule has 1 aliphatic heterocycles. The number of hydrogen-bond donors (Lipinski definition) is 1. The second kappa shape index (κ2) is 9.41. The van der Waals surface area contributed by atoms with Crippen LogP contribution in [0.25, 0.3) is 0 Å². The number of piperazine rings is 1. The molecule has 28 heavy (non-hydrogen) atoms. The summed E-state index contributed by atoms with van der Waals surface area (Å²) in [5, 5.41) is 2.95. The Morgan fingerprint density at radius 3 is 2.29 bits per heavy atom. The van der Waals surface area contributed by atoms with Crippen molar-refractivity contribution in [3.8, 4) is 11.5 Å². The van der Waals surface area contributed by atoms with Gasteiger partial charge in [-0.15, -0.1) is 0 Å². The van der Waals surface area contributed by atoms with Crippen LogP contribution in [0.1, 0.15) is 11.1 Å². The number of rotatable bonds is 6. The second-order valence-corrected chi connectivity index (χ2v) is 6.74. The summed E-state index contributed by atoms with van der Waals surface area (Å²) in [4.78, 5) is 16.4. The Balaban J connectivity index is 1.43. The van der Waals surface area contributed by atoms with Crippen molar-refractivity contribution < 1.29 is 18.7 Å². The Morgan fingerprint density at radius 2 is 1.68 bits per heavy atom. The van der Waals surface area contributed by atoms with E-state index in [-0.39, 0.29) is 17.6 Å². The standard InChI is InChI=1S/C21H26FN3O3/c1-27-18-6-3-16(4-7-18)14-23-21(26)25-11-9-24(10-12-25)15-17-5-8-20(28-2)19(22)13-17/h3-8,13H,9-12,14-15H2,1-2H3,(H,23,26). The zero-order valence-corrected chi connectivity index (χ0v) is 16.3. The van der Waals surface area contributed by atoms with Gasteiger partial charge >= 0.3 is 6.03 Å². The van der Waals surface area contributed by atoms with Crippen LogP contribution in [0.15, 0.2) is 42.5 Å². The summed E-state index contributed by atoms with van der Waals surface area (Å²) < 4.78 is 23.9. The van der Waals surface area contributed by atoms with E-state index in [2.05, 4.69) is 10.2 Å². The van der Waals surface area contributed by atoms with E-state index in [1.807, 2.05) is 35.2 Å². The quantitative estimate of drug-likeness (QED) is 0.828. The highest BCUT2D eigenvalue weighted by atomic mass is 19.1. The van der Waals surface area contributed by atoms with Gasteiger partial charge in [-0.2, -0.15) is 0 Å². The van der Waals surface area contributed by atoms with Crippen LogP contribution in [0.3, 0.4) is 0 Å². The van der Waals surface area contributed by atoms with Crippen molar-refractivity contribution in [3.63, 3.8) is 0 Å². The van der Waals surface area contributed by atoms with E-state index >= 15 is 0 Å². The van der Waals surface area contributed by atoms with Gasteiger partial charge in [0, 0.05) is 39.3 Å². The Labute approximate surface area is 164 Å². The molecule has 1 aliphatic rings. The van der Waals surface area contributed by atoms with Gasteiger partial charge in [0.2, 0.25) is 0 Å². The monoisotopic (exact) mass is 387 g/mol. The van der Waals surface area contributed by atoms with Crippen LogP contribution < -0.4 is 14.8 Å². The van der Waals surface area contributed by atoms with Gasteiger partial charge in [0.05, 0.1) is 14.2 Å². The Kier molecular flexibility index (Phi) is 6.71. The molecule has 3 rings (SSSR count). The van der Waals surface area contributed by atoms with E-state index in [1.54, 1.807) is 13.2 Å². The lowest BCUT2D eigenvalue weighted by Crippen LogP contribution is -2.51. The van der Waals surface area contributed by atoms with Gasteiger partial charge in [-0.05, 0) is 35.4 Å². The molecule has 2 aromatic carbocycles. The summed E-state index contributed by atoms with van der Waals surface area (Å²) in [5.41, 5.74) is 1.92. The van der Waals surface area contributed by atoms with Gasteiger partial charge in [-0.1, -0.05) is 18.2 Å². The lowest BCUT2D eigenvalue weighted by atomic mass is 10.2. The molecule has 2 amide bonds. The lowest BCUT2D eigenvalue weighted by molar-refractivity contribution is 0.135. The number of ether oxygens (including phenoxy) is 2. The smallest absolute Gasteiger partial charge is 0.317 e. The van der Waals surface area contributed by atoms with Crippen molar-refractivity contribution in [2.75, 3.05) is 40.4 Å². The molecule has 0 atom stereocenters. The zero-order valence-electron chi connectivity index (χ0n) is 16.3. The van der Waals surface area contributed by atoms with E-state index < -0.39 is 0 Å². The summed E-state index contributed by atoms with van der Waals surface area (Å²) in [6.07, 6.45) is 0. The van der Waals surface area contributed by atoms with Crippen LogP contribution in [-0.2, 0) is 13.1 Å². The van der Waals surface area contributed by atoms with E-state index in [4.69, 9.17) is 9.47 Å². The number of nitrogens with zero attached hydrogens (tertiary/aromatic N) is 2. The van der Waals surface area contributed by atoms with Crippen molar-refractivity contribution >= 4 is 6.03 Å². The first-order valence-electron chi connectivity index (χ1n) is 9.29. The maximum atomic E-state index is 13.8. The van der Waals surface area contributed by atoms with Crippen LogP contribution in [0.5, 0.6) is 11.5 Å². The predicted octanol–water partition coefficient (Wildman–Crippen LogP) is 2.87. The summed E-state index contributed by atoms with van der Waals surface area (Å²) >= 11 is 0. The number of carbonyl (C=O) groups excluding carboxylic acids is 1. The molecule has 7 heteroatoms. The van der Waals surface area contributed by atoms with Crippen LogP contribution in [-0.4, -0.2) is 56.2 Å². The molecule has 0 aromatic heterocycles. The van der Waals surface area contributed by atoms with Gasteiger partial charge in [0.25, 0.3) is 0 Å². The molecular weight excluding hydrogens is 361 g/mol. The predicted molar refractivity (Wildman–Crippen MR) is 105 cm³/mol. The number of carbonyl (C=O) groups is 1. The minimum atomic E-state index is -0.350. The van der Waals surface area contributed by atoms with Gasteiger partial charge in [-0.25, -0.2) is 9.18 Å². The zero-order chi connectivity index (χ0) is 19.9. The van der Waals surface area contributed by atoms with Crippen molar-refractivity contribution in [2.24, 2.45) is 0 Å². The van der Waals surface area contributed by atoms with Gasteiger partial charge < -0.3 is 19.7 Å². The first kappa shape index (κ1) is 19.9. The molecule has 1 fully saturated rings. The van der Waals surface area contributed by atoms with Crippen molar-refractivity contribution in [2.45, 2.75) is 13.1 Å². The highest BCUT2D eigenvalue weighted by Crippen LogP contribution is 2.19. The fraction of sp³-hybridized carbons (Fsp3) is 0.381. The van der Waals surface area contributed by atoms with Crippen LogP contribution in [0, 0.1) is 5.82 Å². The van der Waals surface area contributed by atoms with Gasteiger partial charge in [0.15, 0.2) is 11.6 Å². The molecule has 0 unspecified atom stereocenters. The largest absolute Gasteiger partial charge is 0.497 e.